The molecule has 1 aliphatic carbocycles. The third kappa shape index (κ3) is 3.36. The van der Waals surface area contributed by atoms with Crippen molar-refractivity contribution in [2.75, 3.05) is 23.3 Å². The number of thiazole rings is 1. The van der Waals surface area contributed by atoms with Crippen LogP contribution in [0.2, 0.25) is 0 Å². The van der Waals surface area contributed by atoms with Crippen LogP contribution in [0.3, 0.4) is 0 Å². The van der Waals surface area contributed by atoms with E-state index in [-0.39, 0.29) is 12.1 Å². The molecular weight excluding hydrogens is 322 g/mol. The molecule has 1 aliphatic heterocycles. The summed E-state index contributed by atoms with van der Waals surface area (Å²) in [6.07, 6.45) is 8.22. The molecule has 6 nitrogen and oxygen atoms in total. The summed E-state index contributed by atoms with van der Waals surface area (Å²) < 4.78 is 0. The zero-order chi connectivity index (χ0) is 16.4. The predicted octanol–water partition coefficient (Wildman–Crippen LogP) is 3.41. The van der Waals surface area contributed by atoms with Gasteiger partial charge in [0.1, 0.15) is 5.01 Å². The minimum absolute atomic E-state index is 0.0110. The second-order valence-electron chi connectivity index (χ2n) is 6.35. The molecule has 2 aliphatic rings. The molecule has 2 amide bonds. The van der Waals surface area contributed by atoms with Crippen molar-refractivity contribution in [2.45, 2.75) is 31.7 Å². The van der Waals surface area contributed by atoms with Crippen LogP contribution >= 0.6 is 11.3 Å². The van der Waals surface area contributed by atoms with Gasteiger partial charge in [0.05, 0.1) is 11.7 Å². The van der Waals surface area contributed by atoms with E-state index in [4.69, 9.17) is 0 Å². The number of anilines is 2. The minimum Gasteiger partial charge on any atom is -0.355 e. The average molecular weight is 343 g/mol. The lowest BCUT2D eigenvalue weighted by Gasteiger charge is -2.21. The molecule has 0 bridgehead atoms. The van der Waals surface area contributed by atoms with Crippen LogP contribution < -0.4 is 15.5 Å². The summed E-state index contributed by atoms with van der Waals surface area (Å²) in [7, 11) is 0. The second-order valence-corrected chi connectivity index (χ2v) is 7.28. The first kappa shape index (κ1) is 15.4. The molecule has 3 heterocycles. The summed E-state index contributed by atoms with van der Waals surface area (Å²) in [5.74, 6) is 1.37. The first-order chi connectivity index (χ1) is 11.8. The van der Waals surface area contributed by atoms with E-state index < -0.39 is 0 Å². The van der Waals surface area contributed by atoms with E-state index in [9.17, 15) is 4.79 Å². The number of hydrogen-bond donors (Lipinski definition) is 2. The molecule has 2 N–H and O–H groups in total. The number of hydrogen-bond acceptors (Lipinski definition) is 5. The average Bonchev–Trinajstić information content (AvgIpc) is 3.06. The van der Waals surface area contributed by atoms with Gasteiger partial charge in [-0.15, -0.1) is 11.3 Å². The number of aromatic nitrogens is 2. The molecule has 2 fully saturated rings. The van der Waals surface area contributed by atoms with Crippen molar-refractivity contribution in [2.24, 2.45) is 5.92 Å². The molecule has 0 spiro atoms. The van der Waals surface area contributed by atoms with Crippen molar-refractivity contribution >= 4 is 28.9 Å². The Morgan fingerprint density at radius 1 is 1.25 bits per heavy atom. The highest BCUT2D eigenvalue weighted by molar-refractivity contribution is 7.09. The van der Waals surface area contributed by atoms with Crippen molar-refractivity contribution in [1.29, 1.82) is 0 Å². The molecule has 1 atom stereocenters. The van der Waals surface area contributed by atoms with E-state index in [0.717, 1.165) is 42.4 Å². The number of carbonyl (C=O) groups excluding carboxylic acids is 1. The maximum atomic E-state index is 12.5. The summed E-state index contributed by atoms with van der Waals surface area (Å²) in [5, 5.41) is 9.02. The number of rotatable bonds is 5. The van der Waals surface area contributed by atoms with E-state index in [1.807, 2.05) is 17.5 Å². The Balaban J connectivity index is 1.46. The van der Waals surface area contributed by atoms with E-state index in [2.05, 4.69) is 25.5 Å². The lowest BCUT2D eigenvalue weighted by atomic mass is 10.2. The van der Waals surface area contributed by atoms with Crippen molar-refractivity contribution in [3.8, 4) is 0 Å². The molecule has 0 radical (unpaired) electrons. The Labute approximate surface area is 145 Å². The van der Waals surface area contributed by atoms with Gasteiger partial charge < -0.3 is 15.5 Å². The highest BCUT2D eigenvalue weighted by Gasteiger charge is 2.35. The topological polar surface area (TPSA) is 70.2 Å². The normalized spacial score (nSPS) is 18.4. The maximum Gasteiger partial charge on any atom is 0.319 e. The molecule has 4 rings (SSSR count). The number of carbonyl (C=O) groups is 1. The van der Waals surface area contributed by atoms with Gasteiger partial charge in [-0.05, 0) is 43.7 Å². The van der Waals surface area contributed by atoms with Gasteiger partial charge in [0.2, 0.25) is 0 Å². The van der Waals surface area contributed by atoms with Gasteiger partial charge >= 0.3 is 6.03 Å². The molecule has 2 aromatic heterocycles. The van der Waals surface area contributed by atoms with Gasteiger partial charge in [-0.2, -0.15) is 0 Å². The maximum absolute atomic E-state index is 12.5. The Kier molecular flexibility index (Phi) is 4.34. The van der Waals surface area contributed by atoms with Crippen molar-refractivity contribution in [3.05, 3.63) is 34.9 Å². The number of pyridine rings is 1. The number of urea groups is 1. The van der Waals surface area contributed by atoms with Gasteiger partial charge in [-0.3, -0.25) is 0 Å². The van der Waals surface area contributed by atoms with Crippen molar-refractivity contribution < 1.29 is 4.79 Å². The molecule has 0 unspecified atom stereocenters. The van der Waals surface area contributed by atoms with E-state index >= 15 is 0 Å². The summed E-state index contributed by atoms with van der Waals surface area (Å²) in [6, 6.07) is 3.59. The highest BCUT2D eigenvalue weighted by Crippen LogP contribution is 2.41. The zero-order valence-electron chi connectivity index (χ0n) is 13.4. The zero-order valence-corrected chi connectivity index (χ0v) is 14.3. The fourth-order valence-corrected chi connectivity index (χ4v) is 3.95. The van der Waals surface area contributed by atoms with Crippen LogP contribution in [0, 0.1) is 5.92 Å². The Bertz CT molecular complexity index is 695. The molecule has 1 saturated carbocycles. The Hall–Kier alpha value is -2.15. The molecular formula is C17H21N5OS. The van der Waals surface area contributed by atoms with Gasteiger partial charge in [-0.25, -0.2) is 14.8 Å². The Morgan fingerprint density at radius 2 is 2.08 bits per heavy atom. The molecule has 1 saturated heterocycles. The standard InChI is InChI=1S/C17H21N5OS/c23-17(21-14(12-5-6-12)16-19-8-11-24-16)20-13-4-3-7-18-15(13)22-9-1-2-10-22/h3-4,7-8,11-12,14H,1-2,5-6,9-10H2,(H2,20,21,23)/t14-/m1/s1. The predicted molar refractivity (Wildman–Crippen MR) is 95.4 cm³/mol. The van der Waals surface area contributed by atoms with Gasteiger partial charge in [0, 0.05) is 30.9 Å². The fraction of sp³-hybridized carbons (Fsp3) is 0.471. The molecule has 0 aromatic carbocycles. The Morgan fingerprint density at radius 3 is 2.79 bits per heavy atom. The van der Waals surface area contributed by atoms with Crippen LogP contribution in [-0.2, 0) is 0 Å². The molecule has 7 heteroatoms. The number of nitrogens with one attached hydrogen (secondary N) is 2. The van der Waals surface area contributed by atoms with Crippen LogP contribution in [0.25, 0.3) is 0 Å². The number of amides is 2. The smallest absolute Gasteiger partial charge is 0.319 e. The largest absolute Gasteiger partial charge is 0.355 e. The van der Waals surface area contributed by atoms with Crippen LogP contribution in [0.1, 0.15) is 36.7 Å². The third-order valence-corrected chi connectivity index (χ3v) is 5.40. The van der Waals surface area contributed by atoms with Gasteiger partial charge in [0.25, 0.3) is 0 Å². The summed E-state index contributed by atoms with van der Waals surface area (Å²) >= 11 is 1.60. The minimum atomic E-state index is -0.185. The molecule has 126 valence electrons. The first-order valence-electron chi connectivity index (χ1n) is 8.48. The quantitative estimate of drug-likeness (QED) is 0.873. The van der Waals surface area contributed by atoms with Crippen LogP contribution in [0.5, 0.6) is 0 Å². The monoisotopic (exact) mass is 343 g/mol. The third-order valence-electron chi connectivity index (χ3n) is 4.54. The van der Waals surface area contributed by atoms with E-state index in [1.165, 1.54) is 12.8 Å². The van der Waals surface area contributed by atoms with Gasteiger partial charge in [0.15, 0.2) is 5.82 Å². The summed E-state index contributed by atoms with van der Waals surface area (Å²) in [4.78, 5) is 23.6. The fourth-order valence-electron chi connectivity index (χ4n) is 3.17. The lowest BCUT2D eigenvalue weighted by Crippen LogP contribution is -2.34. The molecule has 2 aromatic rings. The molecule has 24 heavy (non-hydrogen) atoms. The number of nitrogens with zero attached hydrogens (tertiary/aromatic N) is 3. The summed E-state index contributed by atoms with van der Waals surface area (Å²) in [6.45, 7) is 1.99. The van der Waals surface area contributed by atoms with Crippen molar-refractivity contribution in [3.63, 3.8) is 0 Å². The van der Waals surface area contributed by atoms with E-state index in [0.29, 0.717) is 5.92 Å². The van der Waals surface area contributed by atoms with Crippen LogP contribution in [-0.4, -0.2) is 29.1 Å². The summed E-state index contributed by atoms with van der Waals surface area (Å²) in [5.41, 5.74) is 0.769. The second kappa shape index (κ2) is 6.76. The van der Waals surface area contributed by atoms with Crippen LogP contribution in [0.4, 0.5) is 16.3 Å². The lowest BCUT2D eigenvalue weighted by molar-refractivity contribution is 0.247. The first-order valence-corrected chi connectivity index (χ1v) is 9.36. The van der Waals surface area contributed by atoms with Crippen LogP contribution in [0.15, 0.2) is 29.9 Å². The van der Waals surface area contributed by atoms with E-state index in [1.54, 1.807) is 23.7 Å². The highest BCUT2D eigenvalue weighted by atomic mass is 32.1. The van der Waals surface area contributed by atoms with Gasteiger partial charge in [-0.1, -0.05) is 0 Å². The SMILES string of the molecule is O=C(Nc1cccnc1N1CCCC1)N[C@@H](c1nccs1)C1CC1. The van der Waals surface area contributed by atoms with Crippen molar-refractivity contribution in [1.82, 2.24) is 15.3 Å².